The van der Waals surface area contributed by atoms with Crippen molar-refractivity contribution in [2.45, 2.75) is 46.5 Å². The van der Waals surface area contributed by atoms with Crippen molar-refractivity contribution in [3.63, 3.8) is 0 Å². The lowest BCUT2D eigenvalue weighted by molar-refractivity contribution is 0.294. The second-order valence-electron chi connectivity index (χ2n) is 4.53. The molecule has 1 rings (SSSR count). The molecule has 0 spiro atoms. The highest BCUT2D eigenvalue weighted by Gasteiger charge is 2.24. The highest BCUT2D eigenvalue weighted by molar-refractivity contribution is 7.09. The van der Waals surface area contributed by atoms with Crippen LogP contribution in [0.2, 0.25) is 0 Å². The zero-order valence-electron chi connectivity index (χ0n) is 11.1. The van der Waals surface area contributed by atoms with Gasteiger partial charge >= 0.3 is 0 Å². The highest BCUT2D eigenvalue weighted by atomic mass is 32.1. The number of rotatable bonds is 8. The van der Waals surface area contributed by atoms with Gasteiger partial charge in [0, 0.05) is 24.5 Å². The van der Waals surface area contributed by atoms with E-state index in [0.717, 1.165) is 43.2 Å². The fourth-order valence-corrected chi connectivity index (χ4v) is 2.38. The standard InChI is InChI=1S/C12H24N4S/c1-4-7-10-15-11(17-16-10)14-9-12(5-2,6-3)8-13/h4-9,13H2,1-3H3,(H,14,15,16). The summed E-state index contributed by atoms with van der Waals surface area (Å²) in [4.78, 5) is 4.46. The number of nitrogens with zero attached hydrogens (tertiary/aromatic N) is 2. The minimum absolute atomic E-state index is 0.191. The average molecular weight is 256 g/mol. The van der Waals surface area contributed by atoms with Gasteiger partial charge < -0.3 is 11.1 Å². The normalized spacial score (nSPS) is 11.8. The summed E-state index contributed by atoms with van der Waals surface area (Å²) in [6.07, 6.45) is 4.23. The smallest absolute Gasteiger partial charge is 0.202 e. The van der Waals surface area contributed by atoms with E-state index in [-0.39, 0.29) is 5.41 Å². The fourth-order valence-electron chi connectivity index (χ4n) is 1.77. The Morgan fingerprint density at radius 1 is 1.29 bits per heavy atom. The maximum Gasteiger partial charge on any atom is 0.202 e. The van der Waals surface area contributed by atoms with Crippen molar-refractivity contribution < 1.29 is 0 Å². The number of anilines is 1. The second kappa shape index (κ2) is 6.91. The van der Waals surface area contributed by atoms with E-state index in [1.54, 1.807) is 0 Å². The van der Waals surface area contributed by atoms with Gasteiger partial charge in [-0.15, -0.1) is 0 Å². The molecule has 1 aromatic heterocycles. The van der Waals surface area contributed by atoms with Crippen molar-refractivity contribution in [3.8, 4) is 0 Å². The number of hydrogen-bond acceptors (Lipinski definition) is 5. The van der Waals surface area contributed by atoms with Gasteiger partial charge in [0.1, 0.15) is 5.82 Å². The van der Waals surface area contributed by atoms with Gasteiger partial charge in [0.25, 0.3) is 0 Å². The lowest BCUT2D eigenvalue weighted by Crippen LogP contribution is -2.36. The Balaban J connectivity index is 2.53. The van der Waals surface area contributed by atoms with E-state index in [1.165, 1.54) is 11.5 Å². The van der Waals surface area contributed by atoms with Gasteiger partial charge in [-0.1, -0.05) is 20.8 Å². The van der Waals surface area contributed by atoms with Gasteiger partial charge in [-0.25, -0.2) is 4.98 Å². The number of hydrogen-bond donors (Lipinski definition) is 2. The first kappa shape index (κ1) is 14.4. The Morgan fingerprint density at radius 2 is 2.00 bits per heavy atom. The molecular formula is C12H24N4S. The quantitative estimate of drug-likeness (QED) is 0.750. The summed E-state index contributed by atoms with van der Waals surface area (Å²) in [5, 5.41) is 4.31. The van der Waals surface area contributed by atoms with Crippen molar-refractivity contribution in [2.75, 3.05) is 18.4 Å². The molecule has 1 heterocycles. The summed E-state index contributed by atoms with van der Waals surface area (Å²) >= 11 is 1.45. The zero-order chi connectivity index (χ0) is 12.7. The molecule has 0 aliphatic heterocycles. The molecule has 0 unspecified atom stereocenters. The summed E-state index contributed by atoms with van der Waals surface area (Å²) in [6, 6.07) is 0. The monoisotopic (exact) mass is 256 g/mol. The first-order valence-electron chi connectivity index (χ1n) is 6.46. The van der Waals surface area contributed by atoms with Gasteiger partial charge in [0.05, 0.1) is 0 Å². The first-order chi connectivity index (χ1) is 8.19. The van der Waals surface area contributed by atoms with Gasteiger partial charge in [-0.3, -0.25) is 0 Å². The Bertz CT molecular complexity index is 312. The van der Waals surface area contributed by atoms with Crippen LogP contribution in [-0.4, -0.2) is 22.4 Å². The zero-order valence-corrected chi connectivity index (χ0v) is 11.9. The highest BCUT2D eigenvalue weighted by Crippen LogP contribution is 2.25. The summed E-state index contributed by atoms with van der Waals surface area (Å²) in [5.41, 5.74) is 6.06. The van der Waals surface area contributed by atoms with E-state index in [1.807, 2.05) is 0 Å². The molecule has 0 bridgehead atoms. The largest absolute Gasteiger partial charge is 0.360 e. The molecule has 0 fully saturated rings. The van der Waals surface area contributed by atoms with Gasteiger partial charge in [0.15, 0.2) is 0 Å². The summed E-state index contributed by atoms with van der Waals surface area (Å²) in [5.74, 6) is 0.950. The molecule has 1 aromatic rings. The van der Waals surface area contributed by atoms with Crippen LogP contribution in [0.3, 0.4) is 0 Å². The van der Waals surface area contributed by atoms with Crippen LogP contribution in [-0.2, 0) is 6.42 Å². The molecule has 0 atom stereocenters. The van der Waals surface area contributed by atoms with E-state index in [0.29, 0.717) is 6.54 Å². The van der Waals surface area contributed by atoms with Crippen LogP contribution < -0.4 is 11.1 Å². The maximum atomic E-state index is 5.87. The minimum atomic E-state index is 0.191. The van der Waals surface area contributed by atoms with E-state index in [9.17, 15) is 0 Å². The number of aryl methyl sites for hydroxylation is 1. The van der Waals surface area contributed by atoms with Crippen molar-refractivity contribution in [2.24, 2.45) is 11.1 Å². The SMILES string of the molecule is CCCc1nsc(NCC(CC)(CC)CN)n1. The van der Waals surface area contributed by atoms with Crippen LogP contribution in [0, 0.1) is 5.41 Å². The molecule has 0 aromatic carbocycles. The fraction of sp³-hybridized carbons (Fsp3) is 0.833. The van der Waals surface area contributed by atoms with Crippen LogP contribution in [0.25, 0.3) is 0 Å². The maximum absolute atomic E-state index is 5.87. The number of nitrogens with two attached hydrogens (primary N) is 1. The van der Waals surface area contributed by atoms with Crippen LogP contribution in [0.15, 0.2) is 0 Å². The molecule has 17 heavy (non-hydrogen) atoms. The summed E-state index contributed by atoms with van der Waals surface area (Å²) < 4.78 is 4.32. The number of aromatic nitrogens is 2. The molecule has 5 heteroatoms. The Hall–Kier alpha value is -0.680. The van der Waals surface area contributed by atoms with Crippen molar-refractivity contribution >= 4 is 16.7 Å². The topological polar surface area (TPSA) is 63.8 Å². The predicted octanol–water partition coefficient (Wildman–Crippen LogP) is 2.67. The Morgan fingerprint density at radius 3 is 2.53 bits per heavy atom. The van der Waals surface area contributed by atoms with Gasteiger partial charge in [0.2, 0.25) is 5.13 Å². The third kappa shape index (κ3) is 3.92. The second-order valence-corrected chi connectivity index (χ2v) is 5.28. The Kier molecular flexibility index (Phi) is 5.85. The molecule has 0 saturated heterocycles. The van der Waals surface area contributed by atoms with Crippen LogP contribution in [0.1, 0.15) is 45.9 Å². The molecular weight excluding hydrogens is 232 g/mol. The molecule has 0 radical (unpaired) electrons. The molecule has 0 amide bonds. The summed E-state index contributed by atoms with van der Waals surface area (Å²) in [6.45, 7) is 8.13. The molecule has 0 aliphatic rings. The predicted molar refractivity (Wildman–Crippen MR) is 74.5 cm³/mol. The molecule has 3 N–H and O–H groups in total. The van der Waals surface area contributed by atoms with Gasteiger partial charge in [-0.05, 0) is 31.2 Å². The average Bonchev–Trinajstić information content (AvgIpc) is 2.80. The molecule has 0 saturated carbocycles. The third-order valence-corrected chi connectivity index (χ3v) is 4.20. The van der Waals surface area contributed by atoms with Crippen LogP contribution >= 0.6 is 11.5 Å². The van der Waals surface area contributed by atoms with Crippen LogP contribution in [0.5, 0.6) is 0 Å². The van der Waals surface area contributed by atoms with Gasteiger partial charge in [-0.2, -0.15) is 4.37 Å². The summed E-state index contributed by atoms with van der Waals surface area (Å²) in [7, 11) is 0. The Labute approximate surface area is 108 Å². The van der Waals surface area contributed by atoms with E-state index in [2.05, 4.69) is 35.4 Å². The van der Waals surface area contributed by atoms with Crippen molar-refractivity contribution in [1.29, 1.82) is 0 Å². The van der Waals surface area contributed by atoms with E-state index in [4.69, 9.17) is 5.73 Å². The minimum Gasteiger partial charge on any atom is -0.360 e. The van der Waals surface area contributed by atoms with Crippen molar-refractivity contribution in [3.05, 3.63) is 5.82 Å². The van der Waals surface area contributed by atoms with E-state index >= 15 is 0 Å². The third-order valence-electron chi connectivity index (χ3n) is 3.49. The lowest BCUT2D eigenvalue weighted by atomic mass is 9.82. The molecule has 4 nitrogen and oxygen atoms in total. The number of nitrogens with one attached hydrogen (secondary N) is 1. The molecule has 98 valence electrons. The molecule has 0 aliphatic carbocycles. The first-order valence-corrected chi connectivity index (χ1v) is 7.23. The lowest BCUT2D eigenvalue weighted by Gasteiger charge is -2.30. The van der Waals surface area contributed by atoms with Crippen LogP contribution in [0.4, 0.5) is 5.13 Å². The van der Waals surface area contributed by atoms with Crippen molar-refractivity contribution in [1.82, 2.24) is 9.36 Å². The van der Waals surface area contributed by atoms with E-state index < -0.39 is 0 Å².